The smallest absolute Gasteiger partial charge is 0.227 e. The fraction of sp³-hybridized carbons (Fsp3) is 0.385. The van der Waals surface area contributed by atoms with Crippen molar-refractivity contribution < 1.29 is 13.9 Å². The summed E-state index contributed by atoms with van der Waals surface area (Å²) in [5.41, 5.74) is 0.0682. The Hall–Kier alpha value is -1.93. The van der Waals surface area contributed by atoms with Crippen molar-refractivity contribution in [1.82, 2.24) is 0 Å². The predicted octanol–water partition coefficient (Wildman–Crippen LogP) is 2.20. The number of carbonyl (C=O) groups is 1. The average Bonchev–Trinajstić information content (AvgIpc) is 2.82. The molecule has 1 saturated heterocycles. The Kier molecular flexibility index (Phi) is 3.90. The molecule has 1 aromatic rings. The molecule has 18 heavy (non-hydrogen) atoms. The lowest BCUT2D eigenvalue weighted by Gasteiger charge is -2.10. The van der Waals surface area contributed by atoms with Gasteiger partial charge in [-0.25, -0.2) is 4.39 Å². The Morgan fingerprint density at radius 3 is 3.11 bits per heavy atom. The number of hydrogen-bond donors (Lipinski definition) is 1. The van der Waals surface area contributed by atoms with Gasteiger partial charge in [-0.05, 0) is 25.0 Å². The van der Waals surface area contributed by atoms with E-state index in [2.05, 4.69) is 5.32 Å². The molecule has 1 aliphatic heterocycles. The van der Waals surface area contributed by atoms with E-state index < -0.39 is 5.82 Å². The van der Waals surface area contributed by atoms with Crippen LogP contribution in [0.5, 0.6) is 0 Å². The van der Waals surface area contributed by atoms with E-state index in [9.17, 15) is 9.18 Å². The Bertz CT molecular complexity index is 490. The molecule has 94 valence electrons. The summed E-state index contributed by atoms with van der Waals surface area (Å²) in [6.07, 6.45) is 1.99. The first-order valence-electron chi connectivity index (χ1n) is 5.81. The van der Waals surface area contributed by atoms with E-state index >= 15 is 0 Å². The van der Waals surface area contributed by atoms with Gasteiger partial charge in [-0.15, -0.1) is 0 Å². The maximum Gasteiger partial charge on any atom is 0.227 e. The first-order valence-corrected chi connectivity index (χ1v) is 5.81. The lowest BCUT2D eigenvalue weighted by atomic mass is 10.1. The number of nitrogens with zero attached hydrogens (tertiary/aromatic N) is 1. The van der Waals surface area contributed by atoms with Gasteiger partial charge in [-0.3, -0.25) is 4.79 Å². The van der Waals surface area contributed by atoms with E-state index in [1.165, 1.54) is 18.2 Å². The van der Waals surface area contributed by atoms with E-state index in [0.29, 0.717) is 6.61 Å². The average molecular weight is 248 g/mol. The molecule has 0 saturated carbocycles. The van der Waals surface area contributed by atoms with E-state index in [1.807, 2.05) is 0 Å². The molecular weight excluding hydrogens is 235 g/mol. The summed E-state index contributed by atoms with van der Waals surface area (Å²) in [6.45, 7) is 0.682. The summed E-state index contributed by atoms with van der Waals surface area (Å²) in [5, 5.41) is 11.4. The molecule has 0 bridgehead atoms. The number of ether oxygens (including phenoxy) is 1. The predicted molar refractivity (Wildman–Crippen MR) is 63.3 cm³/mol. The molecule has 1 heterocycles. The fourth-order valence-corrected chi connectivity index (χ4v) is 1.96. The number of nitriles is 1. The van der Waals surface area contributed by atoms with Crippen molar-refractivity contribution in [2.45, 2.75) is 25.4 Å². The number of halogens is 1. The zero-order valence-electron chi connectivity index (χ0n) is 9.78. The second-order valence-electron chi connectivity index (χ2n) is 4.16. The van der Waals surface area contributed by atoms with Crippen LogP contribution >= 0.6 is 0 Å². The second-order valence-corrected chi connectivity index (χ2v) is 4.16. The Balaban J connectivity index is 2.02. The van der Waals surface area contributed by atoms with Crippen LogP contribution in [0.15, 0.2) is 18.2 Å². The summed E-state index contributed by atoms with van der Waals surface area (Å²) in [5.74, 6) is -0.892. The summed E-state index contributed by atoms with van der Waals surface area (Å²) in [7, 11) is 0. The molecule has 1 aliphatic rings. The third-order valence-corrected chi connectivity index (χ3v) is 2.84. The number of hydrogen-bond acceptors (Lipinski definition) is 3. The largest absolute Gasteiger partial charge is 0.378 e. The van der Waals surface area contributed by atoms with Gasteiger partial charge in [-0.2, -0.15) is 5.26 Å². The molecule has 4 nitrogen and oxygen atoms in total. The molecule has 1 atom stereocenters. The van der Waals surface area contributed by atoms with Crippen molar-refractivity contribution in [2.75, 3.05) is 11.9 Å². The van der Waals surface area contributed by atoms with E-state index in [1.54, 1.807) is 6.07 Å². The number of nitrogens with one attached hydrogen (secondary N) is 1. The number of rotatable bonds is 3. The van der Waals surface area contributed by atoms with Crippen LogP contribution in [-0.4, -0.2) is 18.6 Å². The van der Waals surface area contributed by atoms with Crippen LogP contribution in [-0.2, 0) is 9.53 Å². The maximum absolute atomic E-state index is 13.3. The van der Waals surface area contributed by atoms with Gasteiger partial charge in [-0.1, -0.05) is 6.07 Å². The normalized spacial score (nSPS) is 18.3. The minimum atomic E-state index is -0.632. The highest BCUT2D eigenvalue weighted by Crippen LogP contribution is 2.20. The van der Waals surface area contributed by atoms with E-state index in [4.69, 9.17) is 10.00 Å². The van der Waals surface area contributed by atoms with Gasteiger partial charge in [0, 0.05) is 6.61 Å². The van der Waals surface area contributed by atoms with E-state index in [0.717, 1.165) is 12.8 Å². The van der Waals surface area contributed by atoms with Crippen LogP contribution in [0, 0.1) is 17.1 Å². The lowest BCUT2D eigenvalue weighted by Crippen LogP contribution is -2.19. The molecule has 1 amide bonds. The van der Waals surface area contributed by atoms with Gasteiger partial charge in [0.25, 0.3) is 0 Å². The molecule has 1 fully saturated rings. The van der Waals surface area contributed by atoms with Crippen molar-refractivity contribution in [3.63, 3.8) is 0 Å². The molecule has 0 aliphatic carbocycles. The number of carbonyl (C=O) groups excluding carboxylic acids is 1. The molecule has 0 spiro atoms. The third kappa shape index (κ3) is 2.84. The highest BCUT2D eigenvalue weighted by molar-refractivity contribution is 5.92. The van der Waals surface area contributed by atoms with Gasteiger partial charge in [0.05, 0.1) is 18.2 Å². The Labute approximate surface area is 104 Å². The highest BCUT2D eigenvalue weighted by atomic mass is 19.1. The lowest BCUT2D eigenvalue weighted by molar-refractivity contribution is -0.118. The Morgan fingerprint density at radius 1 is 1.61 bits per heavy atom. The molecule has 0 radical (unpaired) electrons. The highest BCUT2D eigenvalue weighted by Gasteiger charge is 2.20. The summed E-state index contributed by atoms with van der Waals surface area (Å²) in [6, 6.07) is 5.90. The van der Waals surface area contributed by atoms with Crippen LogP contribution in [0.25, 0.3) is 0 Å². The number of amides is 1. The zero-order chi connectivity index (χ0) is 13.0. The van der Waals surface area contributed by atoms with Crippen molar-refractivity contribution in [3.05, 3.63) is 29.6 Å². The summed E-state index contributed by atoms with van der Waals surface area (Å²) >= 11 is 0. The molecule has 5 heteroatoms. The number of anilines is 1. The molecule has 2 rings (SSSR count). The summed E-state index contributed by atoms with van der Waals surface area (Å²) < 4.78 is 18.6. The van der Waals surface area contributed by atoms with Crippen molar-refractivity contribution >= 4 is 11.6 Å². The second kappa shape index (κ2) is 5.61. The first-order chi connectivity index (χ1) is 8.70. The first kappa shape index (κ1) is 12.5. The molecule has 1 unspecified atom stereocenters. The Morgan fingerprint density at radius 2 is 2.44 bits per heavy atom. The van der Waals surface area contributed by atoms with Gasteiger partial charge in [0.15, 0.2) is 0 Å². The third-order valence-electron chi connectivity index (χ3n) is 2.84. The van der Waals surface area contributed by atoms with Crippen molar-refractivity contribution in [1.29, 1.82) is 5.26 Å². The monoisotopic (exact) mass is 248 g/mol. The quantitative estimate of drug-likeness (QED) is 0.892. The topological polar surface area (TPSA) is 62.1 Å². The van der Waals surface area contributed by atoms with Gasteiger partial charge >= 0.3 is 0 Å². The fourth-order valence-electron chi connectivity index (χ4n) is 1.96. The summed E-state index contributed by atoms with van der Waals surface area (Å²) in [4.78, 5) is 11.7. The molecule has 0 aromatic heterocycles. The molecule has 1 N–H and O–H groups in total. The van der Waals surface area contributed by atoms with Crippen LogP contribution in [0.4, 0.5) is 10.1 Å². The maximum atomic E-state index is 13.3. The number of benzene rings is 1. The van der Waals surface area contributed by atoms with Crippen molar-refractivity contribution in [3.8, 4) is 6.07 Å². The van der Waals surface area contributed by atoms with Gasteiger partial charge < -0.3 is 10.1 Å². The molecule has 1 aromatic carbocycles. The minimum absolute atomic E-state index is 0.0657. The van der Waals surface area contributed by atoms with E-state index in [-0.39, 0.29) is 29.7 Å². The zero-order valence-corrected chi connectivity index (χ0v) is 9.78. The molecular formula is C13H13FN2O2. The van der Waals surface area contributed by atoms with Crippen molar-refractivity contribution in [2.24, 2.45) is 0 Å². The van der Waals surface area contributed by atoms with Crippen LogP contribution in [0.1, 0.15) is 24.8 Å². The van der Waals surface area contributed by atoms with Crippen LogP contribution < -0.4 is 5.32 Å². The van der Waals surface area contributed by atoms with Crippen LogP contribution in [0.2, 0.25) is 0 Å². The minimum Gasteiger partial charge on any atom is -0.378 e. The SMILES string of the molecule is N#Cc1c(F)cccc1NC(=O)CC1CCCO1. The van der Waals surface area contributed by atoms with Gasteiger partial charge in [0.2, 0.25) is 5.91 Å². The van der Waals surface area contributed by atoms with Crippen LogP contribution in [0.3, 0.4) is 0 Å². The van der Waals surface area contributed by atoms with Gasteiger partial charge in [0.1, 0.15) is 17.4 Å². The standard InChI is InChI=1S/C13H13FN2O2/c14-11-4-1-5-12(10(11)8-15)16-13(17)7-9-3-2-6-18-9/h1,4-5,9H,2-3,6-7H2,(H,16,17).